The molecule has 0 radical (unpaired) electrons. The number of rotatable bonds is 6. The number of anilines is 1. The molecule has 0 spiro atoms. The molecule has 0 unspecified atom stereocenters. The summed E-state index contributed by atoms with van der Waals surface area (Å²) in [5, 5.41) is 25.4. The molecule has 2 aliphatic rings. The van der Waals surface area contributed by atoms with Crippen molar-refractivity contribution >= 4 is 57.8 Å². The fourth-order valence-electron chi connectivity index (χ4n) is 3.18. The molecule has 0 saturated carbocycles. The summed E-state index contributed by atoms with van der Waals surface area (Å²) in [6.07, 6.45) is 7.78. The zero-order chi connectivity index (χ0) is 22.8. The van der Waals surface area contributed by atoms with Crippen LogP contribution in [0, 0.1) is 0 Å². The number of hydrogen-bond donors (Lipinski definition) is 4. The van der Waals surface area contributed by atoms with E-state index in [2.05, 4.69) is 25.4 Å². The third kappa shape index (κ3) is 3.92. The number of oxime groups is 1. The van der Waals surface area contributed by atoms with Gasteiger partial charge in [0.05, 0.1) is 0 Å². The molecule has 32 heavy (non-hydrogen) atoms. The van der Waals surface area contributed by atoms with E-state index in [-0.39, 0.29) is 16.5 Å². The van der Waals surface area contributed by atoms with Gasteiger partial charge in [-0.1, -0.05) is 17.3 Å². The number of aromatic nitrogens is 3. The Kier molecular flexibility index (Phi) is 5.87. The third-order valence-electron chi connectivity index (χ3n) is 4.62. The standard InChI is InChI=1S/C18H15N7O5S2/c19-18-22-10(6-32-18)11(24-30)14(26)23-12-15(27)25-13(17(28)29)9(5-31-16(12)25)2-1-8-3-20-7-21-4-8/h1-4,6-7,12,16,30H,5H2,(H2,19,22)(H,23,26)(H,28,29)/b2-1-,24-11+/t12-,16-/m1/s1. The first-order chi connectivity index (χ1) is 15.4. The van der Waals surface area contributed by atoms with Gasteiger partial charge in [0, 0.05) is 29.1 Å². The van der Waals surface area contributed by atoms with E-state index in [0.717, 1.165) is 16.2 Å². The van der Waals surface area contributed by atoms with E-state index in [0.29, 0.717) is 16.9 Å². The van der Waals surface area contributed by atoms with Gasteiger partial charge in [-0.15, -0.1) is 23.1 Å². The zero-order valence-corrected chi connectivity index (χ0v) is 17.7. The molecule has 4 heterocycles. The lowest BCUT2D eigenvalue weighted by Crippen LogP contribution is -2.71. The van der Waals surface area contributed by atoms with Crippen LogP contribution in [-0.4, -0.2) is 70.8 Å². The summed E-state index contributed by atoms with van der Waals surface area (Å²) >= 11 is 2.36. The Balaban J connectivity index is 1.52. The van der Waals surface area contributed by atoms with Gasteiger partial charge >= 0.3 is 5.97 Å². The highest BCUT2D eigenvalue weighted by Crippen LogP contribution is 2.40. The number of nitrogens with zero attached hydrogens (tertiary/aromatic N) is 5. The molecule has 2 aromatic heterocycles. The average Bonchev–Trinajstić information content (AvgIpc) is 3.22. The summed E-state index contributed by atoms with van der Waals surface area (Å²) in [5.41, 5.74) is 6.17. The molecule has 0 aliphatic carbocycles. The number of carbonyl (C=O) groups excluding carboxylic acids is 2. The summed E-state index contributed by atoms with van der Waals surface area (Å²) in [4.78, 5) is 50.0. The van der Waals surface area contributed by atoms with Gasteiger partial charge in [-0.05, 0) is 5.57 Å². The van der Waals surface area contributed by atoms with Crippen LogP contribution in [0.15, 0.2) is 46.6 Å². The second kappa shape index (κ2) is 8.76. The molecule has 14 heteroatoms. The minimum atomic E-state index is -1.26. The first kappa shape index (κ1) is 21.5. The molecule has 1 fully saturated rings. The van der Waals surface area contributed by atoms with Gasteiger partial charge in [0.25, 0.3) is 11.8 Å². The van der Waals surface area contributed by atoms with Crippen molar-refractivity contribution in [2.45, 2.75) is 11.4 Å². The summed E-state index contributed by atoms with van der Waals surface area (Å²) in [6, 6.07) is -0.984. The van der Waals surface area contributed by atoms with Crippen molar-refractivity contribution in [3.8, 4) is 0 Å². The Morgan fingerprint density at radius 1 is 1.31 bits per heavy atom. The second-order valence-corrected chi connectivity index (χ2v) is 8.56. The van der Waals surface area contributed by atoms with Crippen molar-refractivity contribution in [2.75, 3.05) is 11.5 Å². The van der Waals surface area contributed by atoms with Crippen molar-refractivity contribution in [2.24, 2.45) is 5.16 Å². The highest BCUT2D eigenvalue weighted by atomic mass is 32.2. The van der Waals surface area contributed by atoms with E-state index in [9.17, 15) is 24.7 Å². The highest BCUT2D eigenvalue weighted by molar-refractivity contribution is 8.00. The van der Waals surface area contributed by atoms with Crippen LogP contribution in [0.5, 0.6) is 0 Å². The number of fused-ring (bicyclic) bond motifs is 1. The molecule has 12 nitrogen and oxygen atoms in total. The van der Waals surface area contributed by atoms with Gasteiger partial charge in [0.1, 0.15) is 29.1 Å². The Labute approximate surface area is 188 Å². The lowest BCUT2D eigenvalue weighted by molar-refractivity contribution is -0.150. The largest absolute Gasteiger partial charge is 0.477 e. The van der Waals surface area contributed by atoms with Crippen LogP contribution in [0.25, 0.3) is 6.08 Å². The van der Waals surface area contributed by atoms with Gasteiger partial charge < -0.3 is 21.4 Å². The number of allylic oxidation sites excluding steroid dienone is 1. The lowest BCUT2D eigenvalue weighted by atomic mass is 10.0. The van der Waals surface area contributed by atoms with Gasteiger partial charge in [-0.25, -0.2) is 19.7 Å². The van der Waals surface area contributed by atoms with Crippen LogP contribution >= 0.6 is 23.1 Å². The van der Waals surface area contributed by atoms with Gasteiger partial charge in [0.15, 0.2) is 10.8 Å². The summed E-state index contributed by atoms with van der Waals surface area (Å²) in [6.45, 7) is 0. The molecule has 0 aromatic carbocycles. The average molecular weight is 473 g/mol. The van der Waals surface area contributed by atoms with Crippen molar-refractivity contribution in [1.29, 1.82) is 0 Å². The minimum absolute atomic E-state index is 0.0656. The van der Waals surface area contributed by atoms with Crippen molar-refractivity contribution in [1.82, 2.24) is 25.2 Å². The maximum absolute atomic E-state index is 12.7. The first-order valence-corrected chi connectivity index (χ1v) is 10.9. The number of carboxylic acids is 1. The van der Waals surface area contributed by atoms with Crippen LogP contribution in [0.3, 0.4) is 0 Å². The number of nitrogens with two attached hydrogens (primary N) is 1. The first-order valence-electron chi connectivity index (χ1n) is 8.99. The van der Waals surface area contributed by atoms with E-state index >= 15 is 0 Å². The Morgan fingerprint density at radius 3 is 2.69 bits per heavy atom. The Bertz CT molecular complexity index is 1180. The number of aliphatic carboxylic acids is 1. The fourth-order valence-corrected chi connectivity index (χ4v) is 5.05. The molecule has 2 atom stereocenters. The monoisotopic (exact) mass is 473 g/mol. The van der Waals surface area contributed by atoms with Crippen molar-refractivity contribution in [3.05, 3.63) is 52.7 Å². The zero-order valence-electron chi connectivity index (χ0n) is 16.1. The number of thiazole rings is 1. The maximum Gasteiger partial charge on any atom is 0.352 e. The Hall–Kier alpha value is -3.78. The normalized spacial score (nSPS) is 20.8. The highest BCUT2D eigenvalue weighted by Gasteiger charge is 2.54. The number of β-lactam (4-membered cyclic amide) rings is 1. The van der Waals surface area contributed by atoms with Crippen LogP contribution in [0.2, 0.25) is 0 Å². The smallest absolute Gasteiger partial charge is 0.352 e. The molecular weight excluding hydrogens is 458 g/mol. The van der Waals surface area contributed by atoms with E-state index in [1.807, 2.05) is 0 Å². The number of thioether (sulfide) groups is 1. The van der Waals surface area contributed by atoms with E-state index in [1.165, 1.54) is 23.5 Å². The van der Waals surface area contributed by atoms with Gasteiger partial charge in [-0.2, -0.15) is 0 Å². The minimum Gasteiger partial charge on any atom is -0.477 e. The SMILES string of the molecule is Nc1nc(/C(=N\O)C(=O)N[C@@H]2C(=O)N3C(C(=O)O)=C(/C=C\c4cncnc4)CS[C@H]23)cs1. The molecular formula is C18H15N7O5S2. The number of amides is 2. The number of carbonyl (C=O) groups is 3. The number of hydrogen-bond acceptors (Lipinski definition) is 11. The van der Waals surface area contributed by atoms with Crippen LogP contribution in [-0.2, 0) is 14.4 Å². The lowest BCUT2D eigenvalue weighted by Gasteiger charge is -2.49. The third-order valence-corrected chi connectivity index (χ3v) is 6.60. The molecule has 1 saturated heterocycles. The number of carboxylic acid groups (broad SMARTS) is 1. The quantitative estimate of drug-likeness (QED) is 0.195. The molecule has 2 aliphatic heterocycles. The molecule has 0 bridgehead atoms. The van der Waals surface area contributed by atoms with E-state index < -0.39 is 34.9 Å². The van der Waals surface area contributed by atoms with Crippen molar-refractivity contribution < 1.29 is 24.7 Å². The molecule has 164 valence electrons. The second-order valence-electron chi connectivity index (χ2n) is 6.56. The molecule has 2 amide bonds. The summed E-state index contributed by atoms with van der Waals surface area (Å²) in [5.74, 6) is -2.37. The van der Waals surface area contributed by atoms with E-state index in [1.54, 1.807) is 24.5 Å². The fraction of sp³-hybridized carbons (Fsp3) is 0.167. The summed E-state index contributed by atoms with van der Waals surface area (Å²) < 4.78 is 0. The predicted octanol–water partition coefficient (Wildman–Crippen LogP) is 0.146. The van der Waals surface area contributed by atoms with E-state index in [4.69, 9.17) is 5.73 Å². The van der Waals surface area contributed by atoms with Crippen LogP contribution in [0.4, 0.5) is 5.13 Å². The van der Waals surface area contributed by atoms with Crippen LogP contribution in [0.1, 0.15) is 11.3 Å². The maximum atomic E-state index is 12.7. The number of nitrogens with one attached hydrogen (secondary N) is 1. The van der Waals surface area contributed by atoms with Crippen molar-refractivity contribution in [3.63, 3.8) is 0 Å². The number of nitrogen functional groups attached to an aromatic ring is 1. The molecule has 4 rings (SSSR count). The van der Waals surface area contributed by atoms with Gasteiger partial charge in [0.2, 0.25) is 0 Å². The molecule has 2 aromatic rings. The predicted molar refractivity (Wildman–Crippen MR) is 116 cm³/mol. The van der Waals surface area contributed by atoms with Gasteiger partial charge in [-0.3, -0.25) is 14.5 Å². The van der Waals surface area contributed by atoms with Crippen LogP contribution < -0.4 is 11.1 Å². The molecule has 5 N–H and O–H groups in total. The summed E-state index contributed by atoms with van der Waals surface area (Å²) in [7, 11) is 0. The Morgan fingerprint density at radius 2 is 2.06 bits per heavy atom. The topological polar surface area (TPSA) is 184 Å².